The molecule has 0 atom stereocenters. The summed E-state index contributed by atoms with van der Waals surface area (Å²) < 4.78 is 0. The van der Waals surface area contributed by atoms with E-state index in [0.717, 1.165) is 5.70 Å². The van der Waals surface area contributed by atoms with Gasteiger partial charge in [-0.1, -0.05) is 6.08 Å². The predicted octanol–water partition coefficient (Wildman–Crippen LogP) is 0.521. The normalized spacial score (nSPS) is 14.6. The Hall–Kier alpha value is -1.71. The molecule has 1 heterocycles. The molecule has 1 N–H and O–H groups in total. The highest BCUT2D eigenvalue weighted by molar-refractivity contribution is 5.78. The smallest absolute Gasteiger partial charge is 0.241 e. The van der Waals surface area contributed by atoms with Crippen molar-refractivity contribution in [1.29, 1.82) is 0 Å². The lowest BCUT2D eigenvalue weighted by Gasteiger charge is -2.18. The van der Waals surface area contributed by atoms with Gasteiger partial charge in [0.1, 0.15) is 6.54 Å². The van der Waals surface area contributed by atoms with E-state index in [4.69, 9.17) is 0 Å². The van der Waals surface area contributed by atoms with Gasteiger partial charge in [-0.25, -0.2) is 0 Å². The van der Waals surface area contributed by atoms with Crippen molar-refractivity contribution in [1.82, 2.24) is 15.1 Å². The lowest BCUT2D eigenvalue weighted by Crippen LogP contribution is -2.31. The summed E-state index contributed by atoms with van der Waals surface area (Å²) in [5, 5.41) is 3.04. The third-order valence-corrected chi connectivity index (χ3v) is 2.07. The van der Waals surface area contributed by atoms with Crippen LogP contribution in [-0.2, 0) is 4.79 Å². The number of allylic oxidation sites excluding steroid dienone is 3. The molecule has 4 nitrogen and oxygen atoms in total. The highest BCUT2D eigenvalue weighted by Crippen LogP contribution is 2.03. The molecule has 1 aliphatic rings. The van der Waals surface area contributed by atoms with Crippen molar-refractivity contribution in [3.05, 3.63) is 36.3 Å². The first kappa shape index (κ1) is 11.4. The number of carbonyl (C=O) groups is 1. The Labute approximate surface area is 90.5 Å². The summed E-state index contributed by atoms with van der Waals surface area (Å²) in [6.07, 6.45) is 9.58. The molecule has 82 valence electrons. The number of carbonyl (C=O) groups excluding carboxylic acids is 1. The Morgan fingerprint density at radius 1 is 1.47 bits per heavy atom. The average molecular weight is 207 g/mol. The standard InChI is InChI=1S/C11H17N3O/c1-12-10-6-4-5-7-14(8-10)9-11(15)13(2)3/h4-8,12H,9H2,1-3H3. The van der Waals surface area contributed by atoms with Crippen molar-refractivity contribution in [3.63, 3.8) is 0 Å². The van der Waals surface area contributed by atoms with Crippen molar-refractivity contribution >= 4 is 5.91 Å². The highest BCUT2D eigenvalue weighted by atomic mass is 16.2. The van der Waals surface area contributed by atoms with E-state index in [0.29, 0.717) is 6.54 Å². The lowest BCUT2D eigenvalue weighted by atomic mass is 10.4. The molecule has 15 heavy (non-hydrogen) atoms. The molecule has 0 radical (unpaired) electrons. The Morgan fingerprint density at radius 2 is 2.20 bits per heavy atom. The number of rotatable bonds is 3. The van der Waals surface area contributed by atoms with Crippen LogP contribution < -0.4 is 5.32 Å². The van der Waals surface area contributed by atoms with Crippen LogP contribution in [0, 0.1) is 0 Å². The highest BCUT2D eigenvalue weighted by Gasteiger charge is 2.08. The Bertz CT molecular complexity index is 316. The Morgan fingerprint density at radius 3 is 2.80 bits per heavy atom. The third-order valence-electron chi connectivity index (χ3n) is 2.07. The molecular formula is C11H17N3O. The molecule has 1 aliphatic heterocycles. The van der Waals surface area contributed by atoms with Gasteiger partial charge in [0.25, 0.3) is 0 Å². The molecule has 1 amide bonds. The second-order valence-electron chi connectivity index (χ2n) is 3.50. The lowest BCUT2D eigenvalue weighted by molar-refractivity contribution is -0.128. The van der Waals surface area contributed by atoms with Gasteiger partial charge in [0.05, 0.1) is 5.70 Å². The zero-order chi connectivity index (χ0) is 11.3. The van der Waals surface area contributed by atoms with E-state index in [-0.39, 0.29) is 5.91 Å². The van der Waals surface area contributed by atoms with Crippen LogP contribution in [0.25, 0.3) is 0 Å². The molecule has 0 unspecified atom stereocenters. The van der Waals surface area contributed by atoms with Gasteiger partial charge >= 0.3 is 0 Å². The summed E-state index contributed by atoms with van der Waals surface area (Å²) in [6, 6.07) is 0. The van der Waals surface area contributed by atoms with Crippen molar-refractivity contribution < 1.29 is 4.79 Å². The molecule has 0 bridgehead atoms. The number of hydrogen-bond donors (Lipinski definition) is 1. The maximum Gasteiger partial charge on any atom is 0.241 e. The van der Waals surface area contributed by atoms with Gasteiger partial charge in [-0.15, -0.1) is 0 Å². The average Bonchev–Trinajstić information content (AvgIpc) is 2.42. The zero-order valence-electron chi connectivity index (χ0n) is 9.40. The summed E-state index contributed by atoms with van der Waals surface area (Å²) in [7, 11) is 5.36. The molecule has 0 aromatic rings. The fourth-order valence-electron chi connectivity index (χ4n) is 1.13. The molecule has 0 fully saturated rings. The van der Waals surface area contributed by atoms with Gasteiger partial charge in [0.15, 0.2) is 0 Å². The van der Waals surface area contributed by atoms with Crippen molar-refractivity contribution in [2.45, 2.75) is 0 Å². The van der Waals surface area contributed by atoms with Crippen molar-refractivity contribution in [2.75, 3.05) is 27.7 Å². The van der Waals surface area contributed by atoms with Crippen LogP contribution in [0.4, 0.5) is 0 Å². The van der Waals surface area contributed by atoms with Crippen molar-refractivity contribution in [2.24, 2.45) is 0 Å². The summed E-state index contributed by atoms with van der Waals surface area (Å²) in [6.45, 7) is 0.357. The molecule has 0 aromatic heterocycles. The van der Waals surface area contributed by atoms with E-state index >= 15 is 0 Å². The van der Waals surface area contributed by atoms with E-state index in [1.165, 1.54) is 0 Å². The van der Waals surface area contributed by atoms with Crippen LogP contribution in [0.1, 0.15) is 0 Å². The quantitative estimate of drug-likeness (QED) is 0.733. The first-order valence-corrected chi connectivity index (χ1v) is 4.84. The minimum atomic E-state index is 0.0771. The largest absolute Gasteiger partial charge is 0.387 e. The molecule has 0 saturated heterocycles. The molecule has 4 heteroatoms. The second kappa shape index (κ2) is 5.24. The van der Waals surface area contributed by atoms with Crippen molar-refractivity contribution in [3.8, 4) is 0 Å². The Kier molecular flexibility index (Phi) is 3.97. The Balaban J connectivity index is 2.66. The fourth-order valence-corrected chi connectivity index (χ4v) is 1.13. The third kappa shape index (κ3) is 3.50. The molecule has 0 spiro atoms. The summed E-state index contributed by atoms with van der Waals surface area (Å²) in [4.78, 5) is 14.9. The van der Waals surface area contributed by atoms with E-state index in [9.17, 15) is 4.79 Å². The predicted molar refractivity (Wildman–Crippen MR) is 60.8 cm³/mol. The SMILES string of the molecule is CNC1=CN(CC(=O)N(C)C)C=CC=C1. The second-order valence-corrected chi connectivity index (χ2v) is 3.50. The van der Waals surface area contributed by atoms with Crippen LogP contribution in [0.2, 0.25) is 0 Å². The molecule has 1 rings (SSSR count). The van der Waals surface area contributed by atoms with Crippen LogP contribution in [0.3, 0.4) is 0 Å². The monoisotopic (exact) mass is 207 g/mol. The van der Waals surface area contributed by atoms with Gasteiger partial charge in [-0.2, -0.15) is 0 Å². The van der Waals surface area contributed by atoms with E-state index in [1.807, 2.05) is 42.6 Å². The summed E-state index contributed by atoms with van der Waals surface area (Å²) in [5.41, 5.74) is 0.978. The fraction of sp³-hybridized carbons (Fsp3) is 0.364. The first-order valence-electron chi connectivity index (χ1n) is 4.84. The molecular weight excluding hydrogens is 190 g/mol. The van der Waals surface area contributed by atoms with Gasteiger partial charge < -0.3 is 15.1 Å². The zero-order valence-corrected chi connectivity index (χ0v) is 9.40. The number of nitrogens with one attached hydrogen (secondary N) is 1. The minimum Gasteiger partial charge on any atom is -0.387 e. The summed E-state index contributed by atoms with van der Waals surface area (Å²) in [5.74, 6) is 0.0771. The van der Waals surface area contributed by atoms with Crippen LogP contribution in [-0.4, -0.2) is 43.4 Å². The topological polar surface area (TPSA) is 35.6 Å². The maximum absolute atomic E-state index is 11.5. The summed E-state index contributed by atoms with van der Waals surface area (Å²) >= 11 is 0. The van der Waals surface area contributed by atoms with E-state index in [1.54, 1.807) is 19.0 Å². The number of nitrogens with zero attached hydrogens (tertiary/aromatic N) is 2. The van der Waals surface area contributed by atoms with E-state index in [2.05, 4.69) is 5.32 Å². The number of amides is 1. The molecule has 0 aliphatic carbocycles. The van der Waals surface area contributed by atoms with Crippen LogP contribution >= 0.6 is 0 Å². The van der Waals surface area contributed by atoms with Gasteiger partial charge in [-0.3, -0.25) is 4.79 Å². The van der Waals surface area contributed by atoms with E-state index < -0.39 is 0 Å². The molecule has 0 aromatic carbocycles. The maximum atomic E-state index is 11.5. The minimum absolute atomic E-state index is 0.0771. The van der Waals surface area contributed by atoms with Gasteiger partial charge in [-0.05, 0) is 12.2 Å². The van der Waals surface area contributed by atoms with Crippen LogP contribution in [0.5, 0.6) is 0 Å². The number of likely N-dealkylation sites (N-methyl/N-ethyl adjacent to an activating group) is 2. The van der Waals surface area contributed by atoms with Gasteiger partial charge in [0.2, 0.25) is 5.91 Å². The molecule has 0 saturated carbocycles. The van der Waals surface area contributed by atoms with Crippen LogP contribution in [0.15, 0.2) is 36.3 Å². The first-order chi connectivity index (χ1) is 7.13. The number of hydrogen-bond acceptors (Lipinski definition) is 3. The van der Waals surface area contributed by atoms with Gasteiger partial charge in [0, 0.05) is 33.5 Å².